The smallest absolute Gasteiger partial charge is 0.420 e. The molecule has 1 aromatic rings. The Morgan fingerprint density at radius 2 is 2.19 bits per heavy atom. The number of alkyl halides is 3. The summed E-state index contributed by atoms with van der Waals surface area (Å²) in [6.07, 6.45) is -0.647. The SMILES string of the molecule is N#Cc1ccc(OCCCC2CCCN2)c(C(F)(F)F)c1. The molecule has 0 aliphatic carbocycles. The zero-order chi connectivity index (χ0) is 15.3. The van der Waals surface area contributed by atoms with Gasteiger partial charge < -0.3 is 10.1 Å². The van der Waals surface area contributed by atoms with Gasteiger partial charge in [-0.1, -0.05) is 0 Å². The van der Waals surface area contributed by atoms with Gasteiger partial charge in [0.05, 0.1) is 23.8 Å². The van der Waals surface area contributed by atoms with E-state index in [1.54, 1.807) is 6.07 Å². The van der Waals surface area contributed by atoms with Crippen LogP contribution >= 0.6 is 0 Å². The maximum Gasteiger partial charge on any atom is 0.420 e. The van der Waals surface area contributed by atoms with Crippen molar-refractivity contribution in [2.24, 2.45) is 0 Å². The van der Waals surface area contributed by atoms with Crippen molar-refractivity contribution in [3.63, 3.8) is 0 Å². The summed E-state index contributed by atoms with van der Waals surface area (Å²) < 4.78 is 44.0. The van der Waals surface area contributed by atoms with Gasteiger partial charge in [0.1, 0.15) is 5.75 Å². The van der Waals surface area contributed by atoms with Crippen molar-refractivity contribution in [2.45, 2.75) is 37.9 Å². The lowest BCUT2D eigenvalue weighted by Gasteiger charge is -2.15. The Bertz CT molecular complexity index is 517. The lowest BCUT2D eigenvalue weighted by molar-refractivity contribution is -0.139. The van der Waals surface area contributed by atoms with Gasteiger partial charge in [0.25, 0.3) is 0 Å². The molecule has 1 atom stereocenters. The summed E-state index contributed by atoms with van der Waals surface area (Å²) in [5, 5.41) is 12.0. The van der Waals surface area contributed by atoms with Gasteiger partial charge in [0.2, 0.25) is 0 Å². The summed E-state index contributed by atoms with van der Waals surface area (Å²) in [7, 11) is 0. The van der Waals surface area contributed by atoms with Crippen LogP contribution in [0, 0.1) is 11.3 Å². The van der Waals surface area contributed by atoms with Gasteiger partial charge in [-0.3, -0.25) is 0 Å². The molecule has 1 aromatic carbocycles. The molecule has 1 saturated heterocycles. The number of nitriles is 1. The molecular weight excluding hydrogens is 281 g/mol. The van der Waals surface area contributed by atoms with E-state index in [2.05, 4.69) is 5.32 Å². The molecule has 0 bridgehead atoms. The minimum atomic E-state index is -4.52. The second kappa shape index (κ2) is 6.81. The van der Waals surface area contributed by atoms with Gasteiger partial charge in [-0.15, -0.1) is 0 Å². The molecule has 0 saturated carbocycles. The molecule has 1 N–H and O–H groups in total. The van der Waals surface area contributed by atoms with Crippen LogP contribution in [0.25, 0.3) is 0 Å². The third kappa shape index (κ3) is 4.36. The highest BCUT2D eigenvalue weighted by molar-refractivity contribution is 5.43. The average molecular weight is 298 g/mol. The van der Waals surface area contributed by atoms with E-state index in [-0.39, 0.29) is 17.9 Å². The number of benzene rings is 1. The molecule has 114 valence electrons. The minimum absolute atomic E-state index is 0.0233. The summed E-state index contributed by atoms with van der Waals surface area (Å²) in [5.74, 6) is -0.208. The van der Waals surface area contributed by atoms with Crippen molar-refractivity contribution in [2.75, 3.05) is 13.2 Å². The van der Waals surface area contributed by atoms with Crippen molar-refractivity contribution < 1.29 is 17.9 Å². The van der Waals surface area contributed by atoms with E-state index >= 15 is 0 Å². The largest absolute Gasteiger partial charge is 0.493 e. The first-order valence-electron chi connectivity index (χ1n) is 6.98. The first-order chi connectivity index (χ1) is 10.0. The van der Waals surface area contributed by atoms with Gasteiger partial charge in [0, 0.05) is 6.04 Å². The van der Waals surface area contributed by atoms with Crippen molar-refractivity contribution in [3.8, 4) is 11.8 Å². The fraction of sp³-hybridized carbons (Fsp3) is 0.533. The Hall–Kier alpha value is -1.74. The molecule has 0 radical (unpaired) electrons. The number of ether oxygens (including phenoxy) is 1. The molecule has 1 aliphatic rings. The van der Waals surface area contributed by atoms with Crippen molar-refractivity contribution in [3.05, 3.63) is 29.3 Å². The van der Waals surface area contributed by atoms with E-state index in [4.69, 9.17) is 10.00 Å². The maximum atomic E-state index is 12.9. The predicted octanol–water partition coefficient (Wildman–Crippen LogP) is 3.49. The van der Waals surface area contributed by atoms with Gasteiger partial charge in [-0.05, 0) is 50.4 Å². The Morgan fingerprint density at radius 3 is 2.81 bits per heavy atom. The summed E-state index contributed by atoms with van der Waals surface area (Å²) >= 11 is 0. The molecule has 1 unspecified atom stereocenters. The number of nitrogens with zero attached hydrogens (tertiary/aromatic N) is 1. The summed E-state index contributed by atoms with van der Waals surface area (Å²) in [4.78, 5) is 0. The van der Waals surface area contributed by atoms with Crippen LogP contribution in [0.15, 0.2) is 18.2 Å². The topological polar surface area (TPSA) is 45.0 Å². The lowest BCUT2D eigenvalue weighted by Crippen LogP contribution is -2.21. The third-order valence-corrected chi connectivity index (χ3v) is 3.53. The maximum absolute atomic E-state index is 12.9. The second-order valence-electron chi connectivity index (χ2n) is 5.10. The summed E-state index contributed by atoms with van der Waals surface area (Å²) in [6.45, 7) is 1.26. The lowest BCUT2D eigenvalue weighted by atomic mass is 10.1. The average Bonchev–Trinajstić information content (AvgIpc) is 2.96. The monoisotopic (exact) mass is 298 g/mol. The van der Waals surface area contributed by atoms with Gasteiger partial charge in [-0.25, -0.2) is 0 Å². The molecule has 1 aliphatic heterocycles. The van der Waals surface area contributed by atoms with Crippen molar-refractivity contribution in [1.82, 2.24) is 5.32 Å². The number of rotatable bonds is 5. The van der Waals surface area contributed by atoms with E-state index in [1.165, 1.54) is 12.1 Å². The molecule has 2 rings (SSSR count). The fourth-order valence-corrected chi connectivity index (χ4v) is 2.46. The number of hydrogen-bond acceptors (Lipinski definition) is 3. The molecule has 6 heteroatoms. The standard InChI is InChI=1S/C15H17F3N2O/c16-15(17,18)13-9-11(10-19)5-6-14(13)21-8-2-4-12-3-1-7-20-12/h5-6,9,12,20H,1-4,7-8H2. The predicted molar refractivity (Wildman–Crippen MR) is 71.9 cm³/mol. The van der Waals surface area contributed by atoms with Crippen molar-refractivity contribution >= 4 is 0 Å². The van der Waals surface area contributed by atoms with Crippen LogP contribution in [0.5, 0.6) is 5.75 Å². The number of halogens is 3. The van der Waals surface area contributed by atoms with Crippen LogP contribution in [0.3, 0.4) is 0 Å². The number of nitrogens with one attached hydrogen (secondary N) is 1. The highest BCUT2D eigenvalue weighted by Crippen LogP contribution is 2.36. The third-order valence-electron chi connectivity index (χ3n) is 3.53. The molecule has 0 spiro atoms. The van der Waals surface area contributed by atoms with Crippen LogP contribution in [-0.2, 0) is 6.18 Å². The van der Waals surface area contributed by atoms with Gasteiger partial charge >= 0.3 is 6.18 Å². The Balaban J connectivity index is 1.94. The van der Waals surface area contributed by atoms with Crippen LogP contribution < -0.4 is 10.1 Å². The Kier molecular flexibility index (Phi) is 5.07. The van der Waals surface area contributed by atoms with E-state index in [0.29, 0.717) is 12.5 Å². The Labute approximate surface area is 121 Å². The zero-order valence-electron chi connectivity index (χ0n) is 11.5. The summed E-state index contributed by atoms with van der Waals surface area (Å²) in [6, 6.07) is 5.54. The number of hydrogen-bond donors (Lipinski definition) is 1. The fourth-order valence-electron chi connectivity index (χ4n) is 2.46. The van der Waals surface area contributed by atoms with Crippen LogP contribution in [0.1, 0.15) is 36.8 Å². The normalized spacial score (nSPS) is 18.5. The second-order valence-corrected chi connectivity index (χ2v) is 5.10. The first-order valence-corrected chi connectivity index (χ1v) is 6.98. The molecular formula is C15H17F3N2O. The van der Waals surface area contributed by atoms with Crippen LogP contribution in [0.2, 0.25) is 0 Å². The van der Waals surface area contributed by atoms with E-state index in [1.807, 2.05) is 0 Å². The highest BCUT2D eigenvalue weighted by Gasteiger charge is 2.34. The molecule has 0 aromatic heterocycles. The van der Waals surface area contributed by atoms with E-state index < -0.39 is 11.7 Å². The van der Waals surface area contributed by atoms with E-state index in [0.717, 1.165) is 31.9 Å². The zero-order valence-corrected chi connectivity index (χ0v) is 11.5. The van der Waals surface area contributed by atoms with Crippen molar-refractivity contribution in [1.29, 1.82) is 5.26 Å². The molecule has 1 fully saturated rings. The first kappa shape index (κ1) is 15.6. The molecule has 0 amide bonds. The summed E-state index contributed by atoms with van der Waals surface area (Å²) in [5.41, 5.74) is -0.912. The molecule has 1 heterocycles. The molecule has 3 nitrogen and oxygen atoms in total. The van der Waals surface area contributed by atoms with Gasteiger partial charge in [0.15, 0.2) is 0 Å². The van der Waals surface area contributed by atoms with E-state index in [9.17, 15) is 13.2 Å². The minimum Gasteiger partial charge on any atom is -0.493 e. The van der Waals surface area contributed by atoms with Gasteiger partial charge in [-0.2, -0.15) is 18.4 Å². The van der Waals surface area contributed by atoms with Crippen LogP contribution in [0.4, 0.5) is 13.2 Å². The molecule has 21 heavy (non-hydrogen) atoms. The quantitative estimate of drug-likeness (QED) is 0.846. The highest BCUT2D eigenvalue weighted by atomic mass is 19.4. The Morgan fingerprint density at radius 1 is 1.38 bits per heavy atom. The van der Waals surface area contributed by atoms with Crippen LogP contribution in [-0.4, -0.2) is 19.2 Å².